The van der Waals surface area contributed by atoms with E-state index in [4.69, 9.17) is 10.5 Å². The van der Waals surface area contributed by atoms with Gasteiger partial charge >= 0.3 is 0 Å². The van der Waals surface area contributed by atoms with Gasteiger partial charge in [0.2, 0.25) is 0 Å². The summed E-state index contributed by atoms with van der Waals surface area (Å²) >= 11 is 0. The highest BCUT2D eigenvalue weighted by Crippen LogP contribution is 2.12. The van der Waals surface area contributed by atoms with Crippen molar-refractivity contribution in [1.82, 2.24) is 4.98 Å². The molecule has 0 bridgehead atoms. The first-order chi connectivity index (χ1) is 7.84. The number of hydrogen-bond acceptors (Lipinski definition) is 3. The molecule has 5 nitrogen and oxygen atoms in total. The van der Waals surface area contributed by atoms with E-state index in [1.807, 2.05) is 18.2 Å². The second kappa shape index (κ2) is 5.46. The van der Waals surface area contributed by atoms with Crippen LogP contribution < -0.4 is 11.1 Å². The summed E-state index contributed by atoms with van der Waals surface area (Å²) in [5.41, 5.74) is 5.74. The van der Waals surface area contributed by atoms with Gasteiger partial charge in [0, 0.05) is 25.3 Å². The van der Waals surface area contributed by atoms with Crippen molar-refractivity contribution in [3.63, 3.8) is 0 Å². The van der Waals surface area contributed by atoms with Gasteiger partial charge in [-0.1, -0.05) is 6.07 Å². The van der Waals surface area contributed by atoms with Crippen LogP contribution in [0.3, 0.4) is 0 Å². The van der Waals surface area contributed by atoms with Gasteiger partial charge in [-0.3, -0.25) is 4.99 Å². The first-order valence-corrected chi connectivity index (χ1v) is 5.40. The summed E-state index contributed by atoms with van der Waals surface area (Å²) in [5.74, 6) is 1.63. The molecule has 0 aliphatic carbocycles. The number of guanidine groups is 1. The molecule has 86 valence electrons. The maximum atomic E-state index is 5.74. The zero-order valence-corrected chi connectivity index (χ0v) is 9.10. The number of nitrogens with one attached hydrogen (secondary N) is 1. The van der Waals surface area contributed by atoms with Crippen LogP contribution in [0, 0.1) is 5.92 Å². The molecule has 1 aromatic rings. The van der Waals surface area contributed by atoms with Gasteiger partial charge in [0.1, 0.15) is 5.82 Å². The fourth-order valence-electron chi connectivity index (χ4n) is 1.56. The van der Waals surface area contributed by atoms with E-state index in [1.165, 1.54) is 0 Å². The lowest BCUT2D eigenvalue weighted by Crippen LogP contribution is -2.24. The lowest BCUT2D eigenvalue weighted by molar-refractivity contribution is 0.187. The minimum absolute atomic E-state index is 0.408. The average Bonchev–Trinajstić information content (AvgIpc) is 2.81. The molecule has 1 aliphatic heterocycles. The summed E-state index contributed by atoms with van der Waals surface area (Å²) < 4.78 is 5.26. The van der Waals surface area contributed by atoms with Crippen LogP contribution in [0.2, 0.25) is 0 Å². The molecular weight excluding hydrogens is 204 g/mol. The van der Waals surface area contributed by atoms with Crippen molar-refractivity contribution < 1.29 is 4.74 Å². The molecule has 0 aromatic carbocycles. The van der Waals surface area contributed by atoms with Crippen molar-refractivity contribution in [2.75, 3.05) is 25.1 Å². The molecule has 1 saturated heterocycles. The van der Waals surface area contributed by atoms with Crippen molar-refractivity contribution in [3.05, 3.63) is 24.4 Å². The molecule has 1 aliphatic rings. The predicted molar refractivity (Wildman–Crippen MR) is 63.3 cm³/mol. The standard InChI is InChI=1S/C11H16N4O/c12-11(14-7-9-4-6-16-8-9)15-10-3-1-2-5-13-10/h1-3,5,9H,4,6-8H2,(H3,12,13,14,15). The largest absolute Gasteiger partial charge is 0.381 e. The molecule has 2 heterocycles. The van der Waals surface area contributed by atoms with Gasteiger partial charge < -0.3 is 15.8 Å². The number of aromatic nitrogens is 1. The summed E-state index contributed by atoms with van der Waals surface area (Å²) in [7, 11) is 0. The number of hydrogen-bond donors (Lipinski definition) is 2. The van der Waals surface area contributed by atoms with E-state index in [-0.39, 0.29) is 0 Å². The van der Waals surface area contributed by atoms with E-state index >= 15 is 0 Å². The number of nitrogens with zero attached hydrogens (tertiary/aromatic N) is 2. The Morgan fingerprint density at radius 3 is 3.25 bits per heavy atom. The maximum absolute atomic E-state index is 5.74. The van der Waals surface area contributed by atoms with E-state index in [0.29, 0.717) is 24.2 Å². The van der Waals surface area contributed by atoms with Gasteiger partial charge in [0.05, 0.1) is 6.61 Å². The number of rotatable bonds is 3. The summed E-state index contributed by atoms with van der Waals surface area (Å²) in [5, 5.41) is 2.94. The van der Waals surface area contributed by atoms with Crippen LogP contribution in [-0.4, -0.2) is 30.7 Å². The van der Waals surface area contributed by atoms with E-state index in [1.54, 1.807) is 6.20 Å². The van der Waals surface area contributed by atoms with Crippen LogP contribution in [0.5, 0.6) is 0 Å². The second-order valence-electron chi connectivity index (χ2n) is 3.80. The monoisotopic (exact) mass is 220 g/mol. The van der Waals surface area contributed by atoms with Crippen LogP contribution in [0.25, 0.3) is 0 Å². The van der Waals surface area contributed by atoms with Crippen molar-refractivity contribution in [1.29, 1.82) is 0 Å². The van der Waals surface area contributed by atoms with E-state index in [2.05, 4.69) is 15.3 Å². The van der Waals surface area contributed by atoms with Gasteiger partial charge in [-0.05, 0) is 18.6 Å². The van der Waals surface area contributed by atoms with Crippen LogP contribution >= 0.6 is 0 Å². The lowest BCUT2D eigenvalue weighted by Gasteiger charge is -2.06. The molecule has 1 atom stereocenters. The Labute approximate surface area is 94.7 Å². The molecule has 16 heavy (non-hydrogen) atoms. The Hall–Kier alpha value is -1.62. The lowest BCUT2D eigenvalue weighted by atomic mass is 10.1. The molecule has 1 fully saturated rings. The SMILES string of the molecule is NC(=NCC1CCOC1)Nc1ccccn1. The molecule has 0 saturated carbocycles. The summed E-state index contributed by atoms with van der Waals surface area (Å²) in [6.07, 6.45) is 2.78. The molecule has 3 N–H and O–H groups in total. The highest BCUT2D eigenvalue weighted by atomic mass is 16.5. The highest BCUT2D eigenvalue weighted by Gasteiger charge is 2.14. The normalized spacial score (nSPS) is 21.0. The molecule has 0 radical (unpaired) electrons. The molecular formula is C11H16N4O. The minimum Gasteiger partial charge on any atom is -0.381 e. The fourth-order valence-corrected chi connectivity index (χ4v) is 1.56. The van der Waals surface area contributed by atoms with Crippen molar-refractivity contribution in [2.45, 2.75) is 6.42 Å². The first kappa shape index (κ1) is 10.9. The van der Waals surface area contributed by atoms with Crippen molar-refractivity contribution in [3.8, 4) is 0 Å². The maximum Gasteiger partial charge on any atom is 0.194 e. The third kappa shape index (κ3) is 3.20. The summed E-state index contributed by atoms with van der Waals surface area (Å²) in [6.45, 7) is 2.35. The van der Waals surface area contributed by atoms with Crippen LogP contribution in [0.4, 0.5) is 5.82 Å². The minimum atomic E-state index is 0.408. The number of nitrogens with two attached hydrogens (primary N) is 1. The quantitative estimate of drug-likeness (QED) is 0.585. The molecule has 2 rings (SSSR count). The van der Waals surface area contributed by atoms with E-state index in [9.17, 15) is 0 Å². The predicted octanol–water partition coefficient (Wildman–Crippen LogP) is 0.845. The van der Waals surface area contributed by atoms with Gasteiger partial charge in [0.15, 0.2) is 5.96 Å². The Morgan fingerprint density at radius 1 is 1.62 bits per heavy atom. The summed E-state index contributed by atoms with van der Waals surface area (Å²) in [6, 6.07) is 5.60. The molecule has 1 unspecified atom stereocenters. The Bertz CT molecular complexity index is 346. The van der Waals surface area contributed by atoms with E-state index < -0.39 is 0 Å². The molecule has 0 amide bonds. The van der Waals surface area contributed by atoms with Gasteiger partial charge in [-0.2, -0.15) is 0 Å². The third-order valence-corrected chi connectivity index (χ3v) is 2.46. The molecule has 1 aromatic heterocycles. The third-order valence-electron chi connectivity index (χ3n) is 2.46. The zero-order valence-electron chi connectivity index (χ0n) is 9.10. The topological polar surface area (TPSA) is 72.5 Å². The van der Waals surface area contributed by atoms with Gasteiger partial charge in [-0.15, -0.1) is 0 Å². The summed E-state index contributed by atoms with van der Waals surface area (Å²) in [4.78, 5) is 8.37. The number of anilines is 1. The average molecular weight is 220 g/mol. The Kier molecular flexibility index (Phi) is 3.71. The number of ether oxygens (including phenoxy) is 1. The van der Waals surface area contributed by atoms with E-state index in [0.717, 1.165) is 19.6 Å². The second-order valence-corrected chi connectivity index (χ2v) is 3.80. The van der Waals surface area contributed by atoms with Gasteiger partial charge in [0.25, 0.3) is 0 Å². The highest BCUT2D eigenvalue weighted by molar-refractivity contribution is 5.91. The fraction of sp³-hybridized carbons (Fsp3) is 0.455. The van der Waals surface area contributed by atoms with Gasteiger partial charge in [-0.25, -0.2) is 4.98 Å². The van der Waals surface area contributed by atoms with Crippen LogP contribution in [-0.2, 0) is 4.74 Å². The van der Waals surface area contributed by atoms with Crippen LogP contribution in [0.15, 0.2) is 29.4 Å². The van der Waals surface area contributed by atoms with Crippen molar-refractivity contribution in [2.24, 2.45) is 16.6 Å². The molecule has 5 heteroatoms. The zero-order chi connectivity index (χ0) is 11.2. The molecule has 0 spiro atoms. The van der Waals surface area contributed by atoms with Crippen LogP contribution in [0.1, 0.15) is 6.42 Å². The Balaban J connectivity index is 1.82. The van der Waals surface area contributed by atoms with Crippen molar-refractivity contribution >= 4 is 11.8 Å². The smallest absolute Gasteiger partial charge is 0.194 e. The first-order valence-electron chi connectivity index (χ1n) is 5.40. The number of pyridine rings is 1. The number of aliphatic imine (C=N–C) groups is 1. The Morgan fingerprint density at radius 2 is 2.56 bits per heavy atom.